The van der Waals surface area contributed by atoms with Crippen LogP contribution in [0, 0.1) is 0 Å². The van der Waals surface area contributed by atoms with E-state index in [0.29, 0.717) is 24.3 Å². The van der Waals surface area contributed by atoms with E-state index in [1.807, 2.05) is 29.1 Å². The fraction of sp³-hybridized carbons (Fsp3) is 0.400. The number of nitrogens with two attached hydrogens (primary N) is 1. The molecule has 1 fully saturated rings. The molecule has 4 N–H and O–H groups in total. The molecule has 7 nitrogen and oxygen atoms in total. The Balaban J connectivity index is 1.84. The second-order valence-electron chi connectivity index (χ2n) is 5.55. The molecule has 1 aromatic heterocycles. The Morgan fingerprint density at radius 2 is 2.13 bits per heavy atom. The number of aromatic nitrogens is 1. The van der Waals surface area contributed by atoms with Crippen molar-refractivity contribution >= 4 is 23.6 Å². The third-order valence-electron chi connectivity index (χ3n) is 4.03. The highest BCUT2D eigenvalue weighted by atomic mass is 32.2. The molecule has 1 saturated heterocycles. The molecule has 122 valence electrons. The van der Waals surface area contributed by atoms with Gasteiger partial charge in [0.05, 0.1) is 0 Å². The number of fused-ring (bicyclic) bond motifs is 1. The lowest BCUT2D eigenvalue weighted by Crippen LogP contribution is -2.68. The SMILES string of the molecule is NC1C(=O)N2C(C(=O)O)=C(C[n+]3ccc(CCO)cc3)CSC12. The van der Waals surface area contributed by atoms with Crippen LogP contribution in [0.3, 0.4) is 0 Å². The van der Waals surface area contributed by atoms with Gasteiger partial charge in [0.2, 0.25) is 5.91 Å². The average molecular weight is 336 g/mol. The Bertz CT molecular complexity index is 674. The van der Waals surface area contributed by atoms with Gasteiger partial charge in [-0.3, -0.25) is 9.69 Å². The molecule has 8 heteroatoms. The van der Waals surface area contributed by atoms with E-state index in [1.165, 1.54) is 16.7 Å². The predicted octanol–water partition coefficient (Wildman–Crippen LogP) is -0.910. The van der Waals surface area contributed by atoms with Gasteiger partial charge in [-0.1, -0.05) is 0 Å². The maximum absolute atomic E-state index is 11.9. The zero-order chi connectivity index (χ0) is 16.6. The Morgan fingerprint density at radius 3 is 2.74 bits per heavy atom. The van der Waals surface area contributed by atoms with Crippen LogP contribution in [0.2, 0.25) is 0 Å². The van der Waals surface area contributed by atoms with Crippen LogP contribution in [-0.2, 0) is 22.6 Å². The number of carbonyl (C=O) groups is 2. The minimum atomic E-state index is -1.09. The van der Waals surface area contributed by atoms with Gasteiger partial charge in [-0.25, -0.2) is 9.36 Å². The number of nitrogens with zero attached hydrogens (tertiary/aromatic N) is 2. The van der Waals surface area contributed by atoms with Gasteiger partial charge in [-0.2, -0.15) is 0 Å². The first-order valence-electron chi connectivity index (χ1n) is 7.27. The molecule has 0 saturated carbocycles. The number of β-lactam (4-membered cyclic amide) rings is 1. The number of thioether (sulfide) groups is 1. The largest absolute Gasteiger partial charge is 0.477 e. The first-order valence-corrected chi connectivity index (χ1v) is 8.32. The number of aliphatic carboxylic acids is 1. The standard InChI is InChI=1S/C15H17N3O4S/c16-11-13(20)18-12(15(21)22)10(8-23-14(11)18)7-17-4-1-9(2-5-17)3-6-19/h1-2,4-5,11,14,19H,3,6-8,16H2/p+1. The molecule has 2 atom stereocenters. The van der Waals surface area contributed by atoms with E-state index in [4.69, 9.17) is 10.8 Å². The van der Waals surface area contributed by atoms with Crippen molar-refractivity contribution in [2.45, 2.75) is 24.4 Å². The number of carbonyl (C=O) groups excluding carboxylic acids is 1. The van der Waals surface area contributed by atoms with E-state index in [1.54, 1.807) is 0 Å². The molecular formula is C15H18N3O4S+. The molecule has 2 aliphatic heterocycles. The van der Waals surface area contributed by atoms with E-state index in [2.05, 4.69) is 0 Å². The van der Waals surface area contributed by atoms with Gasteiger partial charge in [0.25, 0.3) is 0 Å². The van der Waals surface area contributed by atoms with Crippen molar-refractivity contribution in [3.8, 4) is 0 Å². The van der Waals surface area contributed by atoms with Crippen LogP contribution in [-0.4, -0.2) is 50.8 Å². The molecule has 0 aromatic carbocycles. The number of amides is 1. The lowest BCUT2D eigenvalue weighted by atomic mass is 10.0. The molecule has 0 aliphatic carbocycles. The summed E-state index contributed by atoms with van der Waals surface area (Å²) in [6, 6.07) is 3.17. The van der Waals surface area contributed by atoms with Crippen molar-refractivity contribution in [2.24, 2.45) is 5.73 Å². The summed E-state index contributed by atoms with van der Waals surface area (Å²) in [6.45, 7) is 0.494. The van der Waals surface area contributed by atoms with Gasteiger partial charge in [-0.05, 0) is 12.0 Å². The van der Waals surface area contributed by atoms with E-state index < -0.39 is 12.0 Å². The second kappa shape index (κ2) is 6.31. The number of aliphatic hydroxyl groups excluding tert-OH is 1. The molecule has 3 rings (SSSR count). The van der Waals surface area contributed by atoms with Gasteiger partial charge in [0.1, 0.15) is 17.1 Å². The summed E-state index contributed by atoms with van der Waals surface area (Å²) in [6.07, 6.45) is 4.28. The Hall–Kier alpha value is -1.90. The molecule has 3 heterocycles. The van der Waals surface area contributed by atoms with Gasteiger partial charge in [-0.15, -0.1) is 11.8 Å². The van der Waals surface area contributed by atoms with Crippen molar-refractivity contribution in [1.82, 2.24) is 4.90 Å². The summed E-state index contributed by atoms with van der Waals surface area (Å²) in [5.41, 5.74) is 7.50. The number of hydrogen-bond donors (Lipinski definition) is 3. The first kappa shape index (κ1) is 16.0. The highest BCUT2D eigenvalue weighted by Gasteiger charge is 2.52. The number of aliphatic hydroxyl groups is 1. The molecule has 23 heavy (non-hydrogen) atoms. The molecule has 0 radical (unpaired) electrons. The van der Waals surface area contributed by atoms with Gasteiger partial charge >= 0.3 is 5.97 Å². The van der Waals surface area contributed by atoms with Crippen molar-refractivity contribution < 1.29 is 24.4 Å². The highest BCUT2D eigenvalue weighted by Crippen LogP contribution is 2.39. The van der Waals surface area contributed by atoms with Crippen molar-refractivity contribution in [3.63, 3.8) is 0 Å². The number of rotatable bonds is 5. The summed E-state index contributed by atoms with van der Waals surface area (Å²) < 4.78 is 1.87. The quantitative estimate of drug-likeness (QED) is 0.475. The monoisotopic (exact) mass is 336 g/mol. The number of pyridine rings is 1. The molecule has 1 amide bonds. The van der Waals surface area contributed by atoms with Crippen LogP contribution in [0.1, 0.15) is 5.56 Å². The normalized spacial score (nSPS) is 23.6. The number of carboxylic acid groups (broad SMARTS) is 1. The fourth-order valence-corrected chi connectivity index (χ4v) is 4.09. The Morgan fingerprint density at radius 1 is 1.43 bits per heavy atom. The van der Waals surface area contributed by atoms with Crippen LogP contribution in [0.4, 0.5) is 0 Å². The highest BCUT2D eigenvalue weighted by molar-refractivity contribution is 8.00. The third-order valence-corrected chi connectivity index (χ3v) is 5.39. The van der Waals surface area contributed by atoms with E-state index in [9.17, 15) is 14.7 Å². The summed E-state index contributed by atoms with van der Waals surface area (Å²) in [5.74, 6) is -0.890. The van der Waals surface area contributed by atoms with Crippen molar-refractivity contribution in [3.05, 3.63) is 41.4 Å². The number of carboxylic acids is 1. The second-order valence-corrected chi connectivity index (χ2v) is 6.65. The summed E-state index contributed by atoms with van der Waals surface area (Å²) in [5, 5.41) is 18.1. The van der Waals surface area contributed by atoms with Gasteiger partial charge in [0, 0.05) is 30.1 Å². The molecule has 0 bridgehead atoms. The average Bonchev–Trinajstić information content (AvgIpc) is 2.55. The Labute approximate surface area is 137 Å². The van der Waals surface area contributed by atoms with Crippen LogP contribution >= 0.6 is 11.8 Å². The summed E-state index contributed by atoms with van der Waals surface area (Å²) >= 11 is 1.50. The maximum Gasteiger partial charge on any atom is 0.352 e. The van der Waals surface area contributed by atoms with E-state index in [-0.39, 0.29) is 23.6 Å². The fourth-order valence-electron chi connectivity index (χ4n) is 2.81. The minimum Gasteiger partial charge on any atom is -0.477 e. The topological polar surface area (TPSA) is 108 Å². The van der Waals surface area contributed by atoms with Crippen LogP contribution < -0.4 is 10.3 Å². The van der Waals surface area contributed by atoms with E-state index >= 15 is 0 Å². The minimum absolute atomic E-state index is 0.0624. The summed E-state index contributed by atoms with van der Waals surface area (Å²) in [7, 11) is 0. The zero-order valence-corrected chi connectivity index (χ0v) is 13.2. The van der Waals surface area contributed by atoms with Gasteiger partial charge in [0.15, 0.2) is 18.9 Å². The lowest BCUT2D eigenvalue weighted by Gasteiger charge is -2.47. The number of hydrogen-bond acceptors (Lipinski definition) is 5. The van der Waals surface area contributed by atoms with Gasteiger partial charge < -0.3 is 15.9 Å². The molecule has 0 spiro atoms. The molecule has 2 aliphatic rings. The summed E-state index contributed by atoms with van der Waals surface area (Å²) in [4.78, 5) is 24.8. The van der Waals surface area contributed by atoms with Crippen molar-refractivity contribution in [2.75, 3.05) is 12.4 Å². The maximum atomic E-state index is 11.9. The molecule has 1 aromatic rings. The van der Waals surface area contributed by atoms with Crippen LogP contribution in [0.25, 0.3) is 0 Å². The van der Waals surface area contributed by atoms with Crippen LogP contribution in [0.5, 0.6) is 0 Å². The lowest BCUT2D eigenvalue weighted by molar-refractivity contribution is -0.689. The first-order chi connectivity index (χ1) is 11.0. The Kier molecular flexibility index (Phi) is 4.38. The molecule has 2 unspecified atom stereocenters. The third kappa shape index (κ3) is 2.85. The van der Waals surface area contributed by atoms with Crippen LogP contribution in [0.15, 0.2) is 35.8 Å². The van der Waals surface area contributed by atoms with E-state index in [0.717, 1.165) is 5.56 Å². The smallest absolute Gasteiger partial charge is 0.352 e. The van der Waals surface area contributed by atoms with Crippen molar-refractivity contribution in [1.29, 1.82) is 0 Å². The zero-order valence-electron chi connectivity index (χ0n) is 12.4. The predicted molar refractivity (Wildman–Crippen MR) is 83.2 cm³/mol. The molecular weight excluding hydrogens is 318 g/mol.